The van der Waals surface area contributed by atoms with Crippen LogP contribution in [0.2, 0.25) is 0 Å². The Morgan fingerprint density at radius 2 is 1.79 bits per heavy atom. The van der Waals surface area contributed by atoms with Gasteiger partial charge in [0.2, 0.25) is 5.78 Å². The second-order valence-corrected chi connectivity index (χ2v) is 7.06. The molecule has 0 radical (unpaired) electrons. The van der Waals surface area contributed by atoms with Crippen molar-refractivity contribution < 1.29 is 23.8 Å². The number of esters is 1. The lowest BCUT2D eigenvalue weighted by Gasteiger charge is -2.08. The Hall–Kier alpha value is -3.38. The molecule has 3 aromatic rings. The van der Waals surface area contributed by atoms with E-state index in [1.807, 2.05) is 24.3 Å². The van der Waals surface area contributed by atoms with Gasteiger partial charge in [0, 0.05) is 10.5 Å². The van der Waals surface area contributed by atoms with E-state index in [0.29, 0.717) is 22.6 Å². The van der Waals surface area contributed by atoms with E-state index in [1.165, 1.54) is 13.2 Å². The maximum Gasteiger partial charge on any atom is 0.347 e. The van der Waals surface area contributed by atoms with Crippen molar-refractivity contribution in [1.82, 2.24) is 0 Å². The lowest BCUT2D eigenvalue weighted by atomic mass is 10.1. The number of para-hydroxylation sites is 1. The molecule has 3 aromatic carbocycles. The fourth-order valence-electron chi connectivity index (χ4n) is 2.94. The minimum Gasteiger partial charge on any atom is -0.496 e. The Bertz CT molecular complexity index is 1150. The summed E-state index contributed by atoms with van der Waals surface area (Å²) < 4.78 is 17.2. The predicted octanol–water partition coefficient (Wildman–Crippen LogP) is 5.29. The fourth-order valence-corrected chi connectivity index (χ4v) is 3.34. The van der Waals surface area contributed by atoms with Gasteiger partial charge >= 0.3 is 5.97 Å². The molecule has 0 N–H and O–H groups in total. The summed E-state index contributed by atoms with van der Waals surface area (Å²) in [5.41, 5.74) is 1.55. The number of hydrogen-bond donors (Lipinski definition) is 0. The summed E-state index contributed by atoms with van der Waals surface area (Å²) in [6.45, 7) is 0. The number of benzene rings is 3. The summed E-state index contributed by atoms with van der Waals surface area (Å²) in [5, 5.41) is 0. The van der Waals surface area contributed by atoms with Crippen LogP contribution in [0.25, 0.3) is 6.08 Å². The normalized spacial score (nSPS) is 13.7. The lowest BCUT2D eigenvalue weighted by Crippen LogP contribution is -2.10. The van der Waals surface area contributed by atoms with Crippen molar-refractivity contribution in [3.8, 4) is 17.2 Å². The topological polar surface area (TPSA) is 61.8 Å². The summed E-state index contributed by atoms with van der Waals surface area (Å²) in [6.07, 6.45) is 1.67. The van der Waals surface area contributed by atoms with Gasteiger partial charge in [0.15, 0.2) is 5.76 Å². The minimum absolute atomic E-state index is 0.208. The monoisotopic (exact) mass is 450 g/mol. The van der Waals surface area contributed by atoms with Gasteiger partial charge in [0.25, 0.3) is 0 Å². The Balaban J connectivity index is 1.58. The fraction of sp³-hybridized carbons (Fsp3) is 0.0435. The molecule has 144 valence electrons. The van der Waals surface area contributed by atoms with Crippen molar-refractivity contribution in [2.75, 3.05) is 7.11 Å². The van der Waals surface area contributed by atoms with E-state index in [2.05, 4.69) is 15.9 Å². The molecule has 0 fully saturated rings. The van der Waals surface area contributed by atoms with E-state index in [4.69, 9.17) is 14.2 Å². The zero-order chi connectivity index (χ0) is 20.4. The predicted molar refractivity (Wildman–Crippen MR) is 111 cm³/mol. The van der Waals surface area contributed by atoms with Crippen molar-refractivity contribution in [2.45, 2.75) is 0 Å². The average Bonchev–Trinajstić information content (AvgIpc) is 3.04. The van der Waals surface area contributed by atoms with Crippen LogP contribution in [0, 0.1) is 0 Å². The van der Waals surface area contributed by atoms with Crippen LogP contribution in [0.3, 0.4) is 0 Å². The molecule has 1 aliphatic rings. The molecular weight excluding hydrogens is 436 g/mol. The van der Waals surface area contributed by atoms with Crippen LogP contribution in [-0.4, -0.2) is 18.9 Å². The zero-order valence-electron chi connectivity index (χ0n) is 15.3. The summed E-state index contributed by atoms with van der Waals surface area (Å²) in [6, 6.07) is 19.0. The standard InChI is InChI=1S/C23H15BrO5/c1-27-19-9-5-3-7-17(19)23(26)28-15-10-11-16-20(13-15)29-21(22(16)25)12-14-6-2-4-8-18(14)24/h2-13H,1H3/b21-12-. The number of carbonyl (C=O) groups excluding carboxylic acids is 2. The molecular formula is C23H15BrO5. The molecule has 0 amide bonds. The molecule has 0 saturated carbocycles. The van der Waals surface area contributed by atoms with Gasteiger partial charge in [-0.2, -0.15) is 0 Å². The molecule has 29 heavy (non-hydrogen) atoms. The van der Waals surface area contributed by atoms with Crippen LogP contribution in [0.1, 0.15) is 26.3 Å². The first-order chi connectivity index (χ1) is 14.1. The van der Waals surface area contributed by atoms with E-state index >= 15 is 0 Å². The van der Waals surface area contributed by atoms with Crippen LogP contribution in [0.15, 0.2) is 77.0 Å². The van der Waals surface area contributed by atoms with E-state index in [9.17, 15) is 9.59 Å². The summed E-state index contributed by atoms with van der Waals surface area (Å²) >= 11 is 3.45. The molecule has 4 rings (SSSR count). The highest BCUT2D eigenvalue weighted by Crippen LogP contribution is 2.36. The van der Waals surface area contributed by atoms with Crippen LogP contribution in [0.5, 0.6) is 17.2 Å². The maximum absolute atomic E-state index is 12.6. The van der Waals surface area contributed by atoms with Crippen LogP contribution in [0.4, 0.5) is 0 Å². The van der Waals surface area contributed by atoms with Crippen LogP contribution < -0.4 is 14.2 Å². The molecule has 1 aliphatic heterocycles. The van der Waals surface area contributed by atoms with Gasteiger partial charge in [-0.3, -0.25) is 4.79 Å². The van der Waals surface area contributed by atoms with Gasteiger partial charge in [-0.15, -0.1) is 0 Å². The highest BCUT2D eigenvalue weighted by molar-refractivity contribution is 9.10. The second kappa shape index (κ2) is 7.93. The van der Waals surface area contributed by atoms with Crippen molar-refractivity contribution in [1.29, 1.82) is 0 Å². The molecule has 0 spiro atoms. The number of ketones is 1. The van der Waals surface area contributed by atoms with Gasteiger partial charge in [-0.05, 0) is 42.0 Å². The Labute approximate surface area is 175 Å². The number of carbonyl (C=O) groups is 2. The first-order valence-corrected chi connectivity index (χ1v) is 9.54. The van der Waals surface area contributed by atoms with Crippen molar-refractivity contribution >= 4 is 33.8 Å². The van der Waals surface area contributed by atoms with Crippen molar-refractivity contribution in [3.63, 3.8) is 0 Å². The molecule has 0 aromatic heterocycles. The number of rotatable bonds is 4. The molecule has 0 saturated heterocycles. The number of ether oxygens (including phenoxy) is 3. The van der Waals surface area contributed by atoms with E-state index in [0.717, 1.165) is 10.0 Å². The second-order valence-electron chi connectivity index (χ2n) is 6.21. The van der Waals surface area contributed by atoms with Crippen LogP contribution >= 0.6 is 15.9 Å². The Morgan fingerprint density at radius 1 is 1.03 bits per heavy atom. The molecule has 1 heterocycles. The Morgan fingerprint density at radius 3 is 2.59 bits per heavy atom. The van der Waals surface area contributed by atoms with Gasteiger partial charge in [-0.25, -0.2) is 4.79 Å². The number of Topliss-reactive ketones (excluding diaryl/α,β-unsaturated/α-hetero) is 1. The van der Waals surface area contributed by atoms with Gasteiger partial charge in [0.1, 0.15) is 22.8 Å². The molecule has 5 nitrogen and oxygen atoms in total. The van der Waals surface area contributed by atoms with Crippen LogP contribution in [-0.2, 0) is 0 Å². The highest BCUT2D eigenvalue weighted by Gasteiger charge is 2.28. The van der Waals surface area contributed by atoms with Gasteiger partial charge in [-0.1, -0.05) is 46.3 Å². The highest BCUT2D eigenvalue weighted by atomic mass is 79.9. The molecule has 6 heteroatoms. The number of hydrogen-bond acceptors (Lipinski definition) is 5. The number of allylic oxidation sites excluding steroid dienone is 1. The summed E-state index contributed by atoms with van der Waals surface area (Å²) in [5.74, 6) is 0.464. The average molecular weight is 451 g/mol. The zero-order valence-corrected chi connectivity index (χ0v) is 16.9. The SMILES string of the molecule is COc1ccccc1C(=O)Oc1ccc2c(c1)O/C(=C\c1ccccc1Br)C2=O. The number of methoxy groups -OCH3 is 1. The Kier molecular flexibility index (Phi) is 5.18. The lowest BCUT2D eigenvalue weighted by molar-refractivity contribution is 0.0731. The quantitative estimate of drug-likeness (QED) is 0.306. The third kappa shape index (κ3) is 3.79. The van der Waals surface area contributed by atoms with Crippen molar-refractivity contribution in [2.24, 2.45) is 0 Å². The first kappa shape index (κ1) is 19.0. The summed E-state index contributed by atoms with van der Waals surface area (Å²) in [4.78, 5) is 25.1. The molecule has 0 atom stereocenters. The first-order valence-electron chi connectivity index (χ1n) is 8.75. The third-order valence-corrected chi connectivity index (χ3v) is 5.09. The van der Waals surface area contributed by atoms with E-state index < -0.39 is 5.97 Å². The van der Waals surface area contributed by atoms with Gasteiger partial charge in [0.05, 0.1) is 12.7 Å². The maximum atomic E-state index is 12.6. The molecule has 0 aliphatic carbocycles. The molecule has 0 bridgehead atoms. The number of fused-ring (bicyclic) bond motifs is 1. The summed E-state index contributed by atoms with van der Waals surface area (Å²) in [7, 11) is 1.49. The largest absolute Gasteiger partial charge is 0.496 e. The molecule has 0 unspecified atom stereocenters. The van der Waals surface area contributed by atoms with E-state index in [-0.39, 0.29) is 17.3 Å². The van der Waals surface area contributed by atoms with Crippen molar-refractivity contribution in [3.05, 3.63) is 93.7 Å². The smallest absolute Gasteiger partial charge is 0.347 e. The minimum atomic E-state index is -0.560. The number of halogens is 1. The van der Waals surface area contributed by atoms with Gasteiger partial charge < -0.3 is 14.2 Å². The third-order valence-electron chi connectivity index (χ3n) is 4.37. The van der Waals surface area contributed by atoms with E-state index in [1.54, 1.807) is 42.5 Å².